The lowest BCUT2D eigenvalue weighted by atomic mass is 9.87. The number of phenolic OH excluding ortho intramolecular Hbond substituents is 1. The van der Waals surface area contributed by atoms with Crippen molar-refractivity contribution in [3.8, 4) is 5.75 Å². The van der Waals surface area contributed by atoms with Crippen LogP contribution in [0.3, 0.4) is 0 Å². The molecule has 0 spiro atoms. The fourth-order valence-corrected chi connectivity index (χ4v) is 3.58. The Kier molecular flexibility index (Phi) is 5.10. The molecule has 6 heteroatoms. The summed E-state index contributed by atoms with van der Waals surface area (Å²) in [6.07, 6.45) is 0. The molecule has 2 aromatic carbocycles. The van der Waals surface area contributed by atoms with Gasteiger partial charge in [0.2, 0.25) is 0 Å². The molecule has 6 nitrogen and oxygen atoms in total. The lowest BCUT2D eigenvalue weighted by Crippen LogP contribution is -2.32. The first kappa shape index (κ1) is 18.8. The highest BCUT2D eigenvalue weighted by Gasteiger charge is 2.28. The molecule has 0 amide bonds. The van der Waals surface area contributed by atoms with E-state index in [1.165, 1.54) is 4.68 Å². The van der Waals surface area contributed by atoms with Gasteiger partial charge >= 0.3 is 0 Å². The lowest BCUT2D eigenvalue weighted by Gasteiger charge is -2.31. The van der Waals surface area contributed by atoms with Crippen LogP contribution in [0.1, 0.15) is 24.2 Å². The molecule has 0 fully saturated rings. The molecule has 0 bridgehead atoms. The van der Waals surface area contributed by atoms with E-state index in [1.54, 1.807) is 25.2 Å². The molecule has 3 aromatic rings. The van der Waals surface area contributed by atoms with E-state index < -0.39 is 0 Å². The number of phenols is 1. The molecule has 0 unspecified atom stereocenters. The van der Waals surface area contributed by atoms with Gasteiger partial charge in [-0.3, -0.25) is 4.79 Å². The molecule has 0 saturated carbocycles. The fourth-order valence-electron chi connectivity index (χ4n) is 3.58. The van der Waals surface area contributed by atoms with Gasteiger partial charge in [-0.2, -0.15) is 5.10 Å². The molecular formula is C21H24N4O2. The molecule has 0 aliphatic carbocycles. The second-order valence-corrected chi connectivity index (χ2v) is 7.03. The number of rotatable bonds is 5. The smallest absolute Gasteiger partial charge is 0.274 e. The average Bonchev–Trinajstić information content (AvgIpc) is 2.65. The van der Waals surface area contributed by atoms with Crippen LogP contribution in [0.5, 0.6) is 5.75 Å². The van der Waals surface area contributed by atoms with Gasteiger partial charge in [-0.05, 0) is 37.9 Å². The van der Waals surface area contributed by atoms with Crippen molar-refractivity contribution in [3.63, 3.8) is 0 Å². The van der Waals surface area contributed by atoms with Crippen LogP contribution in [0.4, 0.5) is 0 Å². The number of nitrogens with zero attached hydrogens (tertiary/aromatic N) is 3. The van der Waals surface area contributed by atoms with E-state index in [0.717, 1.165) is 5.56 Å². The van der Waals surface area contributed by atoms with Gasteiger partial charge < -0.3 is 15.4 Å². The molecule has 0 radical (unpaired) electrons. The quantitative estimate of drug-likeness (QED) is 0.682. The van der Waals surface area contributed by atoms with Crippen LogP contribution in [0.25, 0.3) is 10.8 Å². The van der Waals surface area contributed by atoms with Gasteiger partial charge in [-0.25, -0.2) is 4.68 Å². The van der Waals surface area contributed by atoms with Crippen molar-refractivity contribution in [3.05, 3.63) is 70.1 Å². The summed E-state index contributed by atoms with van der Waals surface area (Å²) in [5.74, 6) is 0.0302. The van der Waals surface area contributed by atoms with E-state index >= 15 is 0 Å². The Morgan fingerprint density at radius 3 is 2.30 bits per heavy atom. The van der Waals surface area contributed by atoms with Gasteiger partial charge in [0, 0.05) is 24.4 Å². The highest BCUT2D eigenvalue weighted by Crippen LogP contribution is 2.31. The Morgan fingerprint density at radius 1 is 1.11 bits per heavy atom. The van der Waals surface area contributed by atoms with E-state index in [4.69, 9.17) is 5.41 Å². The minimum atomic E-state index is -0.182. The van der Waals surface area contributed by atoms with Crippen molar-refractivity contribution in [2.75, 3.05) is 14.1 Å². The molecule has 0 aliphatic heterocycles. The molecule has 27 heavy (non-hydrogen) atoms. The predicted octanol–water partition coefficient (Wildman–Crippen LogP) is 2.95. The molecule has 140 valence electrons. The van der Waals surface area contributed by atoms with Gasteiger partial charge in [0.25, 0.3) is 5.56 Å². The van der Waals surface area contributed by atoms with E-state index in [0.29, 0.717) is 22.2 Å². The minimum absolute atomic E-state index is 0.0732. The summed E-state index contributed by atoms with van der Waals surface area (Å²) in [5.41, 5.74) is 1.72. The van der Waals surface area contributed by atoms with Crippen LogP contribution in [0.2, 0.25) is 0 Å². The first-order valence-corrected chi connectivity index (χ1v) is 8.81. The van der Waals surface area contributed by atoms with Gasteiger partial charge in [-0.15, -0.1) is 0 Å². The third-order valence-electron chi connectivity index (χ3n) is 4.93. The number of hydrogen-bond donors (Lipinski definition) is 2. The van der Waals surface area contributed by atoms with Crippen LogP contribution in [-0.4, -0.2) is 39.6 Å². The highest BCUT2D eigenvalue weighted by molar-refractivity contribution is 6.08. The fraction of sp³-hybridized carbons (Fsp3) is 0.286. The Labute approximate surface area is 158 Å². The first-order valence-electron chi connectivity index (χ1n) is 8.81. The molecule has 1 heterocycles. The maximum absolute atomic E-state index is 12.4. The predicted molar refractivity (Wildman–Crippen MR) is 108 cm³/mol. The summed E-state index contributed by atoms with van der Waals surface area (Å²) in [5, 5.41) is 24.1. The van der Waals surface area contributed by atoms with Crippen LogP contribution >= 0.6 is 0 Å². The summed E-state index contributed by atoms with van der Waals surface area (Å²) in [6, 6.07) is 14.3. The zero-order valence-electron chi connectivity index (χ0n) is 16.0. The molecule has 0 aliphatic rings. The maximum atomic E-state index is 12.4. The first-order chi connectivity index (χ1) is 12.8. The Morgan fingerprint density at radius 2 is 1.70 bits per heavy atom. The normalized spacial score (nSPS) is 13.7. The van der Waals surface area contributed by atoms with Crippen molar-refractivity contribution >= 4 is 16.5 Å². The highest BCUT2D eigenvalue weighted by atomic mass is 16.3. The number of nitrogens with one attached hydrogen (secondary N) is 1. The molecular weight excluding hydrogens is 340 g/mol. The second kappa shape index (κ2) is 7.32. The van der Waals surface area contributed by atoms with E-state index in [2.05, 4.69) is 10.00 Å². The number of aromatic nitrogens is 2. The van der Waals surface area contributed by atoms with Crippen LogP contribution < -0.4 is 5.56 Å². The SMILES string of the molecule is C[C@H](C(=N)c1nn(C)c(=O)c2ccccc12)[C@H](c1ccc(O)cc1)N(C)C. The van der Waals surface area contributed by atoms with E-state index in [-0.39, 0.29) is 23.3 Å². The molecule has 3 rings (SSSR count). The number of fused-ring (bicyclic) bond motifs is 1. The summed E-state index contributed by atoms with van der Waals surface area (Å²) < 4.78 is 1.30. The van der Waals surface area contributed by atoms with Crippen LogP contribution in [0.15, 0.2) is 53.3 Å². The van der Waals surface area contributed by atoms with Crippen molar-refractivity contribution in [1.82, 2.24) is 14.7 Å². The Hall–Kier alpha value is -2.99. The van der Waals surface area contributed by atoms with Gasteiger partial charge in [0.15, 0.2) is 0 Å². The van der Waals surface area contributed by atoms with Crippen LogP contribution in [-0.2, 0) is 7.05 Å². The average molecular weight is 364 g/mol. The second-order valence-electron chi connectivity index (χ2n) is 7.03. The number of hydrogen-bond acceptors (Lipinski definition) is 5. The Bertz CT molecular complexity index is 1040. The standard InChI is InChI=1S/C21H24N4O2/c1-13(20(24(2)3)14-9-11-15(26)12-10-14)18(22)19-16-7-5-6-8-17(16)21(27)25(4)23-19/h5-13,20,22,26H,1-4H3/t13-,20-/m1/s1. The number of aryl methyl sites for hydroxylation is 1. The molecule has 1 aromatic heterocycles. The zero-order chi connectivity index (χ0) is 19.7. The van der Waals surface area contributed by atoms with Crippen LogP contribution in [0, 0.1) is 11.3 Å². The van der Waals surface area contributed by atoms with Crippen molar-refractivity contribution in [1.29, 1.82) is 5.41 Å². The summed E-state index contributed by atoms with van der Waals surface area (Å²) in [7, 11) is 5.54. The van der Waals surface area contributed by atoms with Crippen molar-refractivity contribution in [2.24, 2.45) is 13.0 Å². The third kappa shape index (κ3) is 3.48. The summed E-state index contributed by atoms with van der Waals surface area (Å²) in [6.45, 7) is 1.99. The van der Waals surface area contributed by atoms with Crippen molar-refractivity contribution in [2.45, 2.75) is 13.0 Å². The lowest BCUT2D eigenvalue weighted by molar-refractivity contribution is 0.261. The maximum Gasteiger partial charge on any atom is 0.274 e. The monoisotopic (exact) mass is 364 g/mol. The number of aromatic hydroxyl groups is 1. The van der Waals surface area contributed by atoms with E-state index in [1.807, 2.05) is 51.4 Å². The summed E-state index contributed by atoms with van der Waals surface area (Å²) >= 11 is 0. The largest absolute Gasteiger partial charge is 0.508 e. The van der Waals surface area contributed by atoms with E-state index in [9.17, 15) is 9.90 Å². The van der Waals surface area contributed by atoms with Gasteiger partial charge in [0.1, 0.15) is 11.4 Å². The minimum Gasteiger partial charge on any atom is -0.508 e. The molecule has 0 saturated heterocycles. The molecule has 2 N–H and O–H groups in total. The van der Waals surface area contributed by atoms with Crippen molar-refractivity contribution < 1.29 is 5.11 Å². The molecule has 2 atom stereocenters. The van der Waals surface area contributed by atoms with Gasteiger partial charge in [0.05, 0.1) is 11.1 Å². The zero-order valence-corrected chi connectivity index (χ0v) is 16.0. The topological polar surface area (TPSA) is 82.2 Å². The third-order valence-corrected chi connectivity index (χ3v) is 4.93. The van der Waals surface area contributed by atoms with Gasteiger partial charge in [-0.1, -0.05) is 37.3 Å². The summed E-state index contributed by atoms with van der Waals surface area (Å²) in [4.78, 5) is 14.4. The Balaban J connectivity index is 2.09. The number of benzene rings is 2.